The molecule has 0 saturated carbocycles. The Kier molecular flexibility index (Phi) is 3.75. The molecule has 0 spiro atoms. The number of hydrogen-bond donors (Lipinski definition) is 1. The van der Waals surface area contributed by atoms with Crippen LogP contribution in [-0.2, 0) is 12.8 Å². The van der Waals surface area contributed by atoms with Crippen molar-refractivity contribution in [3.8, 4) is 5.75 Å². The second-order valence-corrected chi connectivity index (χ2v) is 5.22. The van der Waals surface area contributed by atoms with E-state index in [2.05, 4.69) is 54.7 Å². The molecule has 1 atom stereocenters. The molecule has 1 unspecified atom stereocenters. The van der Waals surface area contributed by atoms with Gasteiger partial charge in [0.1, 0.15) is 5.75 Å². The van der Waals surface area contributed by atoms with Crippen molar-refractivity contribution in [1.82, 2.24) is 5.32 Å². The lowest BCUT2D eigenvalue weighted by Crippen LogP contribution is -2.32. The minimum absolute atomic E-state index is 0.282. The van der Waals surface area contributed by atoms with Crippen molar-refractivity contribution >= 4 is 0 Å². The first-order valence-corrected chi connectivity index (χ1v) is 7.32. The van der Waals surface area contributed by atoms with E-state index in [0.717, 1.165) is 25.1 Å². The van der Waals surface area contributed by atoms with Crippen LogP contribution in [0.15, 0.2) is 42.5 Å². The lowest BCUT2D eigenvalue weighted by Gasteiger charge is -2.30. The van der Waals surface area contributed by atoms with Gasteiger partial charge in [-0.05, 0) is 35.6 Å². The fourth-order valence-electron chi connectivity index (χ4n) is 3.18. The molecule has 2 aromatic carbocycles. The molecule has 2 heteroatoms. The van der Waals surface area contributed by atoms with E-state index in [4.69, 9.17) is 4.74 Å². The van der Waals surface area contributed by atoms with Gasteiger partial charge in [-0.1, -0.05) is 43.3 Å². The zero-order valence-corrected chi connectivity index (χ0v) is 12.1. The van der Waals surface area contributed by atoms with Gasteiger partial charge in [0.05, 0.1) is 13.2 Å². The molecule has 3 rings (SSSR count). The fourth-order valence-corrected chi connectivity index (χ4v) is 3.18. The minimum atomic E-state index is 0.282. The molecule has 104 valence electrons. The van der Waals surface area contributed by atoms with Crippen LogP contribution in [0.4, 0.5) is 0 Å². The van der Waals surface area contributed by atoms with E-state index in [1.54, 1.807) is 7.11 Å². The standard InChI is InChI=1S/C18H21NO/c1-3-13-9-10-16(20-2)15-11-12-19-18(17(13)15)14-7-5-4-6-8-14/h4-10,18-19H,3,11-12H2,1-2H3. The van der Waals surface area contributed by atoms with Crippen LogP contribution in [0.3, 0.4) is 0 Å². The summed E-state index contributed by atoms with van der Waals surface area (Å²) >= 11 is 0. The molecular weight excluding hydrogens is 246 g/mol. The first kappa shape index (κ1) is 13.2. The Hall–Kier alpha value is -1.80. The van der Waals surface area contributed by atoms with Crippen molar-refractivity contribution in [2.45, 2.75) is 25.8 Å². The minimum Gasteiger partial charge on any atom is -0.496 e. The van der Waals surface area contributed by atoms with Crippen LogP contribution in [0.1, 0.15) is 35.2 Å². The summed E-state index contributed by atoms with van der Waals surface area (Å²) in [6.45, 7) is 3.22. The van der Waals surface area contributed by atoms with Crippen molar-refractivity contribution < 1.29 is 4.74 Å². The predicted octanol–water partition coefficient (Wildman–Crippen LogP) is 3.49. The number of hydrogen-bond acceptors (Lipinski definition) is 2. The van der Waals surface area contributed by atoms with E-state index in [0.29, 0.717) is 0 Å². The first-order valence-electron chi connectivity index (χ1n) is 7.32. The quantitative estimate of drug-likeness (QED) is 0.919. The van der Waals surface area contributed by atoms with Gasteiger partial charge in [0, 0.05) is 12.1 Å². The van der Waals surface area contributed by atoms with Crippen molar-refractivity contribution in [3.05, 3.63) is 64.7 Å². The third-order valence-corrected chi connectivity index (χ3v) is 4.15. The molecule has 1 N–H and O–H groups in total. The summed E-state index contributed by atoms with van der Waals surface area (Å²) in [6, 6.07) is 15.3. The molecule has 0 fully saturated rings. The summed E-state index contributed by atoms with van der Waals surface area (Å²) in [4.78, 5) is 0. The molecule has 0 radical (unpaired) electrons. The number of rotatable bonds is 3. The average molecular weight is 267 g/mol. The Labute approximate surface area is 120 Å². The summed E-state index contributed by atoms with van der Waals surface area (Å²) in [6.07, 6.45) is 2.09. The van der Waals surface area contributed by atoms with Gasteiger partial charge in [-0.3, -0.25) is 0 Å². The van der Waals surface area contributed by atoms with Gasteiger partial charge < -0.3 is 10.1 Å². The summed E-state index contributed by atoms with van der Waals surface area (Å²) in [5.41, 5.74) is 5.54. The largest absolute Gasteiger partial charge is 0.496 e. The van der Waals surface area contributed by atoms with Gasteiger partial charge in [0.25, 0.3) is 0 Å². The SMILES string of the molecule is CCc1ccc(OC)c2c1C(c1ccccc1)NCC2. The monoisotopic (exact) mass is 267 g/mol. The maximum Gasteiger partial charge on any atom is 0.122 e. The number of ether oxygens (including phenoxy) is 1. The molecule has 2 nitrogen and oxygen atoms in total. The number of nitrogens with one attached hydrogen (secondary N) is 1. The smallest absolute Gasteiger partial charge is 0.122 e. The molecule has 1 aliphatic rings. The van der Waals surface area contributed by atoms with Gasteiger partial charge >= 0.3 is 0 Å². The lowest BCUT2D eigenvalue weighted by molar-refractivity contribution is 0.403. The van der Waals surface area contributed by atoms with Gasteiger partial charge in [-0.25, -0.2) is 0 Å². The van der Waals surface area contributed by atoms with Gasteiger partial charge in [0.15, 0.2) is 0 Å². The number of benzene rings is 2. The van der Waals surface area contributed by atoms with Crippen LogP contribution in [0.25, 0.3) is 0 Å². The molecule has 0 amide bonds. The molecule has 1 aliphatic heterocycles. The predicted molar refractivity (Wildman–Crippen MR) is 82.4 cm³/mol. The number of aryl methyl sites for hydroxylation is 1. The molecule has 20 heavy (non-hydrogen) atoms. The fraction of sp³-hybridized carbons (Fsp3) is 0.333. The van der Waals surface area contributed by atoms with Crippen LogP contribution in [0.5, 0.6) is 5.75 Å². The maximum atomic E-state index is 5.57. The molecular formula is C18H21NO. The summed E-state index contributed by atoms with van der Waals surface area (Å²) in [5.74, 6) is 1.03. The molecule has 0 aromatic heterocycles. The highest BCUT2D eigenvalue weighted by molar-refractivity contribution is 5.51. The van der Waals surface area contributed by atoms with E-state index in [1.165, 1.54) is 22.3 Å². The molecule has 0 aliphatic carbocycles. The normalized spacial score (nSPS) is 17.6. The molecule has 1 heterocycles. The topological polar surface area (TPSA) is 21.3 Å². The summed E-state index contributed by atoms with van der Waals surface area (Å²) < 4.78 is 5.57. The molecule has 0 bridgehead atoms. The van der Waals surface area contributed by atoms with Gasteiger partial charge in [-0.15, -0.1) is 0 Å². The maximum absolute atomic E-state index is 5.57. The van der Waals surface area contributed by atoms with E-state index in [1.807, 2.05) is 0 Å². The Balaban J connectivity index is 2.16. The van der Waals surface area contributed by atoms with E-state index < -0.39 is 0 Å². The zero-order chi connectivity index (χ0) is 13.9. The number of methoxy groups -OCH3 is 1. The second-order valence-electron chi connectivity index (χ2n) is 5.22. The Morgan fingerprint density at radius 2 is 1.95 bits per heavy atom. The van der Waals surface area contributed by atoms with E-state index in [-0.39, 0.29) is 6.04 Å². The van der Waals surface area contributed by atoms with Gasteiger partial charge in [0.2, 0.25) is 0 Å². The zero-order valence-electron chi connectivity index (χ0n) is 12.1. The van der Waals surface area contributed by atoms with Crippen molar-refractivity contribution in [2.75, 3.05) is 13.7 Å². The number of fused-ring (bicyclic) bond motifs is 1. The second kappa shape index (κ2) is 5.68. The summed E-state index contributed by atoms with van der Waals surface area (Å²) in [5, 5.41) is 3.66. The lowest BCUT2D eigenvalue weighted by atomic mass is 9.85. The highest BCUT2D eigenvalue weighted by Crippen LogP contribution is 2.36. The van der Waals surface area contributed by atoms with E-state index in [9.17, 15) is 0 Å². The first-order chi connectivity index (χ1) is 9.85. The Morgan fingerprint density at radius 3 is 2.65 bits per heavy atom. The van der Waals surface area contributed by atoms with Crippen LogP contribution in [-0.4, -0.2) is 13.7 Å². The summed E-state index contributed by atoms with van der Waals surface area (Å²) in [7, 11) is 1.76. The Morgan fingerprint density at radius 1 is 1.15 bits per heavy atom. The van der Waals surface area contributed by atoms with Crippen LogP contribution in [0.2, 0.25) is 0 Å². The van der Waals surface area contributed by atoms with E-state index >= 15 is 0 Å². The van der Waals surface area contributed by atoms with Gasteiger partial charge in [-0.2, -0.15) is 0 Å². The van der Waals surface area contributed by atoms with Crippen LogP contribution in [0, 0.1) is 0 Å². The third-order valence-electron chi connectivity index (χ3n) is 4.15. The highest BCUT2D eigenvalue weighted by Gasteiger charge is 2.26. The highest BCUT2D eigenvalue weighted by atomic mass is 16.5. The van der Waals surface area contributed by atoms with Crippen molar-refractivity contribution in [3.63, 3.8) is 0 Å². The average Bonchev–Trinajstić information content (AvgIpc) is 2.54. The third kappa shape index (κ3) is 2.20. The molecule has 0 saturated heterocycles. The Bertz CT molecular complexity index is 592. The van der Waals surface area contributed by atoms with Crippen molar-refractivity contribution in [2.24, 2.45) is 0 Å². The van der Waals surface area contributed by atoms with Crippen molar-refractivity contribution in [1.29, 1.82) is 0 Å². The van der Waals surface area contributed by atoms with Crippen LogP contribution < -0.4 is 10.1 Å². The molecule has 2 aromatic rings. The van der Waals surface area contributed by atoms with Crippen LogP contribution >= 0.6 is 0 Å².